The standard InChI is InChI=1S/C18H22O2.C17H26O/c1-12(17(19)18(2,3)4)13-6-7-15-11-16(20-5)9-8-14(15)10-13;1-12(2)11-14-7-9-15(10-8-14)13(3)16(18)17(4,5)6/h6-12H,1-5H3;7-10,12-13H,11H2,1-6H3. The lowest BCUT2D eigenvalue weighted by Crippen LogP contribution is -2.25. The molecule has 2 unspecified atom stereocenters. The molecular weight excluding hydrogens is 468 g/mol. The van der Waals surface area contributed by atoms with Crippen LogP contribution in [-0.2, 0) is 16.0 Å². The Labute approximate surface area is 231 Å². The number of carbonyl (C=O) groups excluding carboxylic acids is 2. The molecule has 0 radical (unpaired) electrons. The van der Waals surface area contributed by atoms with Crippen molar-refractivity contribution in [1.29, 1.82) is 0 Å². The van der Waals surface area contributed by atoms with Crippen LogP contribution in [0.2, 0.25) is 0 Å². The third kappa shape index (κ3) is 8.55. The van der Waals surface area contributed by atoms with Gasteiger partial charge >= 0.3 is 0 Å². The van der Waals surface area contributed by atoms with E-state index in [4.69, 9.17) is 4.74 Å². The second-order valence-electron chi connectivity index (χ2n) is 13.0. The fourth-order valence-electron chi connectivity index (χ4n) is 4.65. The van der Waals surface area contributed by atoms with Gasteiger partial charge in [-0.3, -0.25) is 9.59 Å². The van der Waals surface area contributed by atoms with Crippen LogP contribution in [0.3, 0.4) is 0 Å². The summed E-state index contributed by atoms with van der Waals surface area (Å²) in [5.41, 5.74) is 2.97. The Hall–Kier alpha value is -2.94. The highest BCUT2D eigenvalue weighted by Gasteiger charge is 2.28. The molecule has 38 heavy (non-hydrogen) atoms. The van der Waals surface area contributed by atoms with Gasteiger partial charge in [-0.1, -0.05) is 118 Å². The van der Waals surface area contributed by atoms with Crippen molar-refractivity contribution in [3.05, 3.63) is 77.4 Å². The fourth-order valence-corrected chi connectivity index (χ4v) is 4.65. The second-order valence-corrected chi connectivity index (χ2v) is 13.0. The van der Waals surface area contributed by atoms with Gasteiger partial charge in [0.15, 0.2) is 0 Å². The van der Waals surface area contributed by atoms with E-state index >= 15 is 0 Å². The van der Waals surface area contributed by atoms with E-state index < -0.39 is 0 Å². The third-order valence-corrected chi connectivity index (χ3v) is 6.96. The molecule has 0 amide bonds. The summed E-state index contributed by atoms with van der Waals surface area (Å²) in [6.07, 6.45) is 1.10. The number of rotatable bonds is 7. The van der Waals surface area contributed by atoms with Crippen LogP contribution in [0.1, 0.15) is 97.8 Å². The minimum atomic E-state index is -0.311. The molecule has 0 aliphatic heterocycles. The first kappa shape index (κ1) is 31.3. The van der Waals surface area contributed by atoms with Gasteiger partial charge in [0.1, 0.15) is 17.3 Å². The summed E-state index contributed by atoms with van der Waals surface area (Å²) in [5.74, 6) is 2.00. The van der Waals surface area contributed by atoms with Crippen LogP contribution in [0.5, 0.6) is 5.75 Å². The van der Waals surface area contributed by atoms with Gasteiger partial charge in [0.25, 0.3) is 0 Å². The largest absolute Gasteiger partial charge is 0.497 e. The number of hydrogen-bond acceptors (Lipinski definition) is 3. The first-order valence-corrected chi connectivity index (χ1v) is 13.8. The number of carbonyl (C=O) groups is 2. The maximum atomic E-state index is 12.4. The normalized spacial score (nSPS) is 13.5. The Bertz CT molecular complexity index is 1220. The van der Waals surface area contributed by atoms with Gasteiger partial charge in [-0.15, -0.1) is 0 Å². The van der Waals surface area contributed by atoms with E-state index in [9.17, 15) is 9.59 Å². The van der Waals surface area contributed by atoms with Gasteiger partial charge in [0.2, 0.25) is 0 Å². The molecule has 0 bridgehead atoms. The molecule has 206 valence electrons. The van der Waals surface area contributed by atoms with Crippen molar-refractivity contribution in [3.63, 3.8) is 0 Å². The van der Waals surface area contributed by atoms with Gasteiger partial charge < -0.3 is 4.74 Å². The zero-order valence-electron chi connectivity index (χ0n) is 25.4. The number of Topliss-reactive ketones (excluding diaryl/α,β-unsaturated/α-hetero) is 2. The summed E-state index contributed by atoms with van der Waals surface area (Å²) in [4.78, 5) is 24.6. The highest BCUT2D eigenvalue weighted by molar-refractivity contribution is 5.92. The molecule has 0 N–H and O–H groups in total. The minimum Gasteiger partial charge on any atom is -0.497 e. The van der Waals surface area contributed by atoms with Crippen molar-refractivity contribution in [3.8, 4) is 5.75 Å². The molecule has 0 saturated carbocycles. The quantitative estimate of drug-likeness (QED) is 0.314. The molecule has 3 nitrogen and oxygen atoms in total. The van der Waals surface area contributed by atoms with Crippen LogP contribution in [0.4, 0.5) is 0 Å². The van der Waals surface area contributed by atoms with Crippen molar-refractivity contribution < 1.29 is 14.3 Å². The highest BCUT2D eigenvalue weighted by atomic mass is 16.5. The predicted octanol–water partition coefficient (Wildman–Crippen LogP) is 9.17. The van der Waals surface area contributed by atoms with Gasteiger partial charge in [0.05, 0.1) is 7.11 Å². The summed E-state index contributed by atoms with van der Waals surface area (Å²) in [6.45, 7) is 20.3. The molecule has 0 fully saturated rings. The monoisotopic (exact) mass is 516 g/mol. The van der Waals surface area contributed by atoms with Crippen LogP contribution in [0.25, 0.3) is 10.8 Å². The van der Waals surface area contributed by atoms with Crippen LogP contribution in [0.15, 0.2) is 60.7 Å². The molecule has 0 aliphatic rings. The van der Waals surface area contributed by atoms with Crippen molar-refractivity contribution in [2.24, 2.45) is 16.7 Å². The van der Waals surface area contributed by atoms with E-state index in [0.29, 0.717) is 11.7 Å². The molecule has 3 heteroatoms. The van der Waals surface area contributed by atoms with Gasteiger partial charge in [-0.2, -0.15) is 0 Å². The SMILES string of the molecule is CC(C)Cc1ccc(C(C)C(=O)C(C)(C)C)cc1.COc1ccc2cc(C(C)C(=O)C(C)(C)C)ccc2c1. The van der Waals surface area contributed by atoms with E-state index in [0.717, 1.165) is 34.1 Å². The summed E-state index contributed by atoms with van der Waals surface area (Å²) in [5, 5.41) is 2.26. The lowest BCUT2D eigenvalue weighted by Gasteiger charge is -2.22. The Balaban J connectivity index is 0.000000269. The Morgan fingerprint density at radius 3 is 1.58 bits per heavy atom. The topological polar surface area (TPSA) is 43.4 Å². The van der Waals surface area contributed by atoms with E-state index in [-0.39, 0.29) is 28.4 Å². The lowest BCUT2D eigenvalue weighted by molar-refractivity contribution is -0.128. The summed E-state index contributed by atoms with van der Waals surface area (Å²) < 4.78 is 5.23. The lowest BCUT2D eigenvalue weighted by atomic mass is 9.80. The first-order chi connectivity index (χ1) is 17.5. The van der Waals surface area contributed by atoms with Crippen LogP contribution < -0.4 is 4.74 Å². The van der Waals surface area contributed by atoms with E-state index in [1.54, 1.807) is 7.11 Å². The molecular formula is C35H48O3. The van der Waals surface area contributed by atoms with Crippen LogP contribution in [-0.4, -0.2) is 18.7 Å². The molecule has 0 spiro atoms. The number of ether oxygens (including phenoxy) is 1. The Kier molecular flexibility index (Phi) is 10.5. The van der Waals surface area contributed by atoms with Crippen LogP contribution in [0, 0.1) is 16.7 Å². The van der Waals surface area contributed by atoms with E-state index in [1.807, 2.05) is 79.7 Å². The first-order valence-electron chi connectivity index (χ1n) is 13.8. The van der Waals surface area contributed by atoms with Crippen LogP contribution >= 0.6 is 0 Å². The maximum Gasteiger partial charge on any atom is 0.145 e. The predicted molar refractivity (Wildman–Crippen MR) is 161 cm³/mol. The highest BCUT2D eigenvalue weighted by Crippen LogP contribution is 2.30. The number of benzene rings is 3. The third-order valence-electron chi connectivity index (χ3n) is 6.96. The molecule has 2 atom stereocenters. The average molecular weight is 517 g/mol. The molecule has 0 heterocycles. The molecule has 3 rings (SSSR count). The summed E-state index contributed by atoms with van der Waals surface area (Å²) >= 11 is 0. The Morgan fingerprint density at radius 1 is 0.658 bits per heavy atom. The average Bonchev–Trinajstić information content (AvgIpc) is 2.85. The number of methoxy groups -OCH3 is 1. The minimum absolute atomic E-state index is 0.0156. The van der Waals surface area contributed by atoms with Gasteiger partial charge in [0, 0.05) is 22.7 Å². The number of fused-ring (bicyclic) bond motifs is 1. The number of hydrogen-bond donors (Lipinski definition) is 0. The van der Waals surface area contributed by atoms with Gasteiger partial charge in [-0.25, -0.2) is 0 Å². The van der Waals surface area contributed by atoms with Crippen molar-refractivity contribution >= 4 is 22.3 Å². The molecule has 3 aromatic rings. The van der Waals surface area contributed by atoms with E-state index in [2.05, 4.69) is 50.2 Å². The fraction of sp³-hybridized carbons (Fsp3) is 0.486. The van der Waals surface area contributed by atoms with Crippen molar-refractivity contribution in [2.75, 3.05) is 7.11 Å². The zero-order valence-corrected chi connectivity index (χ0v) is 25.4. The molecule has 3 aromatic carbocycles. The maximum absolute atomic E-state index is 12.4. The smallest absolute Gasteiger partial charge is 0.145 e. The summed E-state index contributed by atoms with van der Waals surface area (Å²) in [7, 11) is 1.67. The van der Waals surface area contributed by atoms with Gasteiger partial charge in [-0.05, 0) is 51.9 Å². The van der Waals surface area contributed by atoms with Crippen molar-refractivity contribution in [1.82, 2.24) is 0 Å². The molecule has 0 aromatic heterocycles. The molecule has 0 saturated heterocycles. The zero-order chi connectivity index (χ0) is 28.8. The number of ketones is 2. The second kappa shape index (κ2) is 12.7. The molecule has 0 aliphatic carbocycles. The Morgan fingerprint density at radius 2 is 1.11 bits per heavy atom. The van der Waals surface area contributed by atoms with E-state index in [1.165, 1.54) is 5.56 Å². The van der Waals surface area contributed by atoms with Crippen molar-refractivity contribution in [2.45, 2.75) is 87.5 Å². The summed E-state index contributed by atoms with van der Waals surface area (Å²) in [6, 6.07) is 20.7.